The van der Waals surface area contributed by atoms with Crippen molar-refractivity contribution in [2.24, 2.45) is 17.8 Å². The molecular formula is C19H38O3. The molecule has 0 heterocycles. The van der Waals surface area contributed by atoms with Crippen molar-refractivity contribution < 1.29 is 14.3 Å². The lowest BCUT2D eigenvalue weighted by molar-refractivity contribution is -0.148. The second-order valence-electron chi connectivity index (χ2n) is 7.11. The second kappa shape index (κ2) is 14.0. The van der Waals surface area contributed by atoms with Crippen molar-refractivity contribution >= 4 is 5.97 Å². The molecular weight excluding hydrogens is 276 g/mol. The quantitative estimate of drug-likeness (QED) is 0.325. The molecule has 0 radical (unpaired) electrons. The Kier molecular flexibility index (Phi) is 13.7. The molecule has 0 aliphatic carbocycles. The van der Waals surface area contributed by atoms with Gasteiger partial charge in [-0.2, -0.15) is 0 Å². The zero-order valence-corrected chi connectivity index (χ0v) is 15.5. The molecule has 0 aromatic rings. The minimum Gasteiger partial charge on any atom is -0.464 e. The van der Waals surface area contributed by atoms with Gasteiger partial charge in [0.05, 0.1) is 6.61 Å². The molecule has 0 aromatic carbocycles. The first-order chi connectivity index (χ1) is 10.5. The van der Waals surface area contributed by atoms with Gasteiger partial charge in [-0.3, -0.25) is 0 Å². The Morgan fingerprint density at radius 3 is 1.95 bits per heavy atom. The van der Waals surface area contributed by atoms with Crippen molar-refractivity contribution in [1.82, 2.24) is 0 Å². The molecule has 0 fully saturated rings. The summed E-state index contributed by atoms with van der Waals surface area (Å²) in [5.41, 5.74) is 0. The van der Waals surface area contributed by atoms with E-state index in [1.54, 1.807) is 0 Å². The minimum absolute atomic E-state index is 0.0907. The molecule has 3 nitrogen and oxygen atoms in total. The summed E-state index contributed by atoms with van der Waals surface area (Å²) in [7, 11) is 0. The van der Waals surface area contributed by atoms with Gasteiger partial charge in [-0.15, -0.1) is 0 Å². The number of esters is 1. The lowest BCUT2D eigenvalue weighted by Crippen LogP contribution is -2.14. The number of carbonyl (C=O) groups is 1. The molecule has 0 saturated carbocycles. The van der Waals surface area contributed by atoms with Crippen LogP contribution >= 0.6 is 0 Å². The van der Waals surface area contributed by atoms with Crippen molar-refractivity contribution in [3.63, 3.8) is 0 Å². The Bertz CT molecular complexity index is 263. The van der Waals surface area contributed by atoms with Gasteiger partial charge in [-0.05, 0) is 31.1 Å². The van der Waals surface area contributed by atoms with Crippen LogP contribution < -0.4 is 0 Å². The van der Waals surface area contributed by atoms with E-state index in [2.05, 4.69) is 27.7 Å². The zero-order chi connectivity index (χ0) is 16.8. The van der Waals surface area contributed by atoms with Crippen molar-refractivity contribution in [3.05, 3.63) is 0 Å². The van der Waals surface area contributed by atoms with E-state index >= 15 is 0 Å². The number of hydrogen-bond donors (Lipinski definition) is 0. The third kappa shape index (κ3) is 14.4. The van der Waals surface area contributed by atoms with Gasteiger partial charge in [-0.25, -0.2) is 4.79 Å². The monoisotopic (exact) mass is 314 g/mol. The molecule has 132 valence electrons. The molecule has 3 heteroatoms. The van der Waals surface area contributed by atoms with Crippen LogP contribution in [0.2, 0.25) is 0 Å². The Labute approximate surface area is 138 Å². The lowest BCUT2D eigenvalue weighted by Gasteiger charge is -2.15. The van der Waals surface area contributed by atoms with E-state index in [1.807, 2.05) is 6.92 Å². The summed E-state index contributed by atoms with van der Waals surface area (Å²) in [4.78, 5) is 11.1. The van der Waals surface area contributed by atoms with E-state index in [-0.39, 0.29) is 12.6 Å². The summed E-state index contributed by atoms with van der Waals surface area (Å²) in [6.45, 7) is 12.2. The van der Waals surface area contributed by atoms with Gasteiger partial charge < -0.3 is 9.47 Å². The highest BCUT2D eigenvalue weighted by molar-refractivity contribution is 5.70. The SMILES string of the molecule is CCOC(=O)COCCC(C)CCCC(C)CCCC(C)C. The fourth-order valence-corrected chi connectivity index (χ4v) is 2.62. The van der Waals surface area contributed by atoms with Crippen LogP contribution in [-0.2, 0) is 14.3 Å². The molecule has 22 heavy (non-hydrogen) atoms. The van der Waals surface area contributed by atoms with Gasteiger partial charge >= 0.3 is 5.97 Å². The maximum atomic E-state index is 11.1. The molecule has 0 bridgehead atoms. The van der Waals surface area contributed by atoms with E-state index < -0.39 is 0 Å². The maximum absolute atomic E-state index is 11.1. The topological polar surface area (TPSA) is 35.5 Å². The zero-order valence-electron chi connectivity index (χ0n) is 15.5. The highest BCUT2D eigenvalue weighted by atomic mass is 16.6. The Hall–Kier alpha value is -0.570. The fourth-order valence-electron chi connectivity index (χ4n) is 2.62. The number of carbonyl (C=O) groups excluding carboxylic acids is 1. The maximum Gasteiger partial charge on any atom is 0.332 e. The van der Waals surface area contributed by atoms with Crippen LogP contribution in [0.1, 0.15) is 79.6 Å². The Morgan fingerprint density at radius 1 is 0.864 bits per heavy atom. The first-order valence-electron chi connectivity index (χ1n) is 9.19. The molecule has 0 saturated heterocycles. The van der Waals surface area contributed by atoms with Gasteiger partial charge in [0.2, 0.25) is 0 Å². The Balaban J connectivity index is 3.45. The van der Waals surface area contributed by atoms with Gasteiger partial charge in [0.1, 0.15) is 6.61 Å². The van der Waals surface area contributed by atoms with Crippen LogP contribution in [0, 0.1) is 17.8 Å². The second-order valence-corrected chi connectivity index (χ2v) is 7.11. The van der Waals surface area contributed by atoms with E-state index in [0.717, 1.165) is 18.3 Å². The van der Waals surface area contributed by atoms with Crippen molar-refractivity contribution in [3.8, 4) is 0 Å². The predicted molar refractivity (Wildman–Crippen MR) is 92.9 cm³/mol. The smallest absolute Gasteiger partial charge is 0.332 e. The average molecular weight is 315 g/mol. The average Bonchev–Trinajstić information content (AvgIpc) is 2.43. The van der Waals surface area contributed by atoms with Gasteiger partial charge in [0.15, 0.2) is 0 Å². The van der Waals surface area contributed by atoms with Crippen LogP contribution in [-0.4, -0.2) is 25.8 Å². The predicted octanol–water partition coefficient (Wildman–Crippen LogP) is 5.23. The molecule has 2 atom stereocenters. The highest BCUT2D eigenvalue weighted by Crippen LogP contribution is 2.20. The molecule has 0 amide bonds. The Morgan fingerprint density at radius 2 is 1.41 bits per heavy atom. The third-order valence-corrected chi connectivity index (χ3v) is 4.15. The normalized spacial score (nSPS) is 14.1. The van der Waals surface area contributed by atoms with E-state index in [9.17, 15) is 4.79 Å². The molecule has 0 aliphatic rings. The molecule has 0 aliphatic heterocycles. The van der Waals surface area contributed by atoms with Gasteiger partial charge in [0.25, 0.3) is 0 Å². The van der Waals surface area contributed by atoms with Crippen molar-refractivity contribution in [2.45, 2.75) is 79.6 Å². The third-order valence-electron chi connectivity index (χ3n) is 4.15. The van der Waals surface area contributed by atoms with E-state index in [0.29, 0.717) is 19.1 Å². The molecule has 2 unspecified atom stereocenters. The summed E-state index contributed by atoms with van der Waals surface area (Å²) in [5, 5.41) is 0. The van der Waals surface area contributed by atoms with Gasteiger partial charge in [0, 0.05) is 6.61 Å². The number of hydrogen-bond acceptors (Lipinski definition) is 3. The van der Waals surface area contributed by atoms with E-state index in [1.165, 1.54) is 38.5 Å². The summed E-state index contributed by atoms with van der Waals surface area (Å²) >= 11 is 0. The van der Waals surface area contributed by atoms with Crippen LogP contribution in [0.15, 0.2) is 0 Å². The minimum atomic E-state index is -0.259. The fraction of sp³-hybridized carbons (Fsp3) is 0.947. The summed E-state index contributed by atoms with van der Waals surface area (Å²) < 4.78 is 10.2. The summed E-state index contributed by atoms with van der Waals surface area (Å²) in [5.74, 6) is 2.10. The van der Waals surface area contributed by atoms with Crippen LogP contribution in [0.5, 0.6) is 0 Å². The molecule has 0 spiro atoms. The van der Waals surface area contributed by atoms with Crippen LogP contribution in [0.3, 0.4) is 0 Å². The highest BCUT2D eigenvalue weighted by Gasteiger charge is 2.07. The van der Waals surface area contributed by atoms with Crippen molar-refractivity contribution in [1.29, 1.82) is 0 Å². The molecule has 0 rings (SSSR count). The lowest BCUT2D eigenvalue weighted by atomic mass is 9.93. The van der Waals surface area contributed by atoms with Crippen LogP contribution in [0.4, 0.5) is 0 Å². The number of ether oxygens (including phenoxy) is 2. The first kappa shape index (κ1) is 21.4. The standard InChI is InChI=1S/C19H38O3/c1-6-22-19(20)15-21-14-13-18(5)12-8-11-17(4)10-7-9-16(2)3/h16-18H,6-15H2,1-5H3. The molecule has 0 N–H and O–H groups in total. The first-order valence-corrected chi connectivity index (χ1v) is 9.19. The van der Waals surface area contributed by atoms with Gasteiger partial charge in [-0.1, -0.05) is 66.2 Å². The van der Waals surface area contributed by atoms with Crippen LogP contribution in [0.25, 0.3) is 0 Å². The molecule has 0 aromatic heterocycles. The van der Waals surface area contributed by atoms with E-state index in [4.69, 9.17) is 9.47 Å². The number of rotatable bonds is 14. The summed E-state index contributed by atoms with van der Waals surface area (Å²) in [6.07, 6.45) is 9.04. The summed E-state index contributed by atoms with van der Waals surface area (Å²) in [6, 6.07) is 0. The van der Waals surface area contributed by atoms with Crippen molar-refractivity contribution in [2.75, 3.05) is 19.8 Å². The largest absolute Gasteiger partial charge is 0.464 e.